The molecule has 0 spiro atoms. The van der Waals surface area contributed by atoms with Gasteiger partial charge in [0.1, 0.15) is 4.75 Å². The minimum Gasteiger partial charge on any atom is -0.870 e. The maximum absolute atomic E-state index is 10.9. The van der Waals surface area contributed by atoms with Gasteiger partial charge in [0.2, 0.25) is 0 Å². The molecule has 0 aliphatic heterocycles. The molecule has 8 nitrogen and oxygen atoms in total. The first kappa shape index (κ1) is 21.9. The average Bonchev–Trinajstić information content (AvgIpc) is 2.13. The standard InChI is InChI=1S/C6H15NO6S.Na.H2O/c1-5(2-8,14(11,12)13)6(7,3-9)4-10;;/h8-10H,2-4,7H2,1H3,(H,11,12,13);;1H2/q;+1;/p-1. The molecule has 0 saturated heterocycles. The Labute approximate surface area is 116 Å². The molecule has 94 valence electrons. The molecule has 0 aromatic carbocycles. The van der Waals surface area contributed by atoms with Crippen LogP contribution in [0.1, 0.15) is 6.92 Å². The van der Waals surface area contributed by atoms with Crippen molar-refractivity contribution in [2.24, 2.45) is 5.73 Å². The van der Waals surface area contributed by atoms with Crippen LogP contribution in [0.2, 0.25) is 0 Å². The summed E-state index contributed by atoms with van der Waals surface area (Å²) in [6, 6.07) is 0. The van der Waals surface area contributed by atoms with Crippen LogP contribution in [0.5, 0.6) is 0 Å². The van der Waals surface area contributed by atoms with Crippen molar-refractivity contribution in [3.8, 4) is 0 Å². The summed E-state index contributed by atoms with van der Waals surface area (Å²) in [5.41, 5.74) is 3.37. The minimum atomic E-state index is -4.69. The normalized spacial score (nSPS) is 15.6. The largest absolute Gasteiger partial charge is 1.00 e. The second-order valence-corrected chi connectivity index (χ2v) is 5.19. The van der Waals surface area contributed by atoms with Gasteiger partial charge in [0.05, 0.1) is 25.4 Å². The summed E-state index contributed by atoms with van der Waals surface area (Å²) >= 11 is 0. The van der Waals surface area contributed by atoms with Gasteiger partial charge >= 0.3 is 29.6 Å². The van der Waals surface area contributed by atoms with Crippen LogP contribution in [0, 0.1) is 0 Å². The first-order valence-corrected chi connectivity index (χ1v) is 5.21. The zero-order valence-corrected chi connectivity index (χ0v) is 12.0. The monoisotopic (exact) mass is 269 g/mol. The van der Waals surface area contributed by atoms with Gasteiger partial charge in [-0.2, -0.15) is 8.42 Å². The SMILES string of the molecule is CC(CO)(C(N)(CO)CO)S(=O)(=O)O.[Na+].[OH-]. The Bertz CT molecular complexity index is 291. The Kier molecular flexibility index (Phi) is 9.89. The van der Waals surface area contributed by atoms with Crippen LogP contribution in [0.4, 0.5) is 0 Å². The number of aliphatic hydroxyl groups is 3. The van der Waals surface area contributed by atoms with E-state index in [9.17, 15) is 8.42 Å². The molecule has 1 unspecified atom stereocenters. The van der Waals surface area contributed by atoms with Gasteiger partial charge in [0.25, 0.3) is 10.1 Å². The molecule has 0 radical (unpaired) electrons. The van der Waals surface area contributed by atoms with Crippen LogP contribution in [0.25, 0.3) is 0 Å². The van der Waals surface area contributed by atoms with E-state index in [2.05, 4.69) is 0 Å². The second-order valence-electron chi connectivity index (χ2n) is 3.34. The fourth-order valence-electron chi connectivity index (χ4n) is 0.880. The van der Waals surface area contributed by atoms with E-state index in [-0.39, 0.29) is 35.0 Å². The molecule has 0 aliphatic rings. The Morgan fingerprint density at radius 2 is 1.44 bits per heavy atom. The number of aliphatic hydroxyl groups excluding tert-OH is 3. The zero-order chi connectivity index (χ0) is 11.6. The van der Waals surface area contributed by atoms with Crippen LogP contribution < -0.4 is 35.3 Å². The molecule has 0 heterocycles. The van der Waals surface area contributed by atoms with Gasteiger partial charge in [-0.25, -0.2) is 0 Å². The average molecular weight is 269 g/mol. The molecule has 0 saturated carbocycles. The first-order chi connectivity index (χ1) is 6.18. The van der Waals surface area contributed by atoms with E-state index in [1.54, 1.807) is 0 Å². The molecule has 0 fully saturated rings. The summed E-state index contributed by atoms with van der Waals surface area (Å²) in [5.74, 6) is 0. The topological polar surface area (TPSA) is 171 Å². The van der Waals surface area contributed by atoms with Crippen molar-refractivity contribution in [3.05, 3.63) is 0 Å². The van der Waals surface area contributed by atoms with Gasteiger partial charge in [-0.05, 0) is 6.92 Å². The van der Waals surface area contributed by atoms with Crippen LogP contribution in [-0.4, -0.2) is 63.9 Å². The predicted octanol–water partition coefficient (Wildman–Crippen LogP) is -5.87. The van der Waals surface area contributed by atoms with E-state index in [4.69, 9.17) is 25.6 Å². The van der Waals surface area contributed by atoms with E-state index in [0.29, 0.717) is 0 Å². The summed E-state index contributed by atoms with van der Waals surface area (Å²) in [6.45, 7) is -1.85. The van der Waals surface area contributed by atoms with E-state index in [1.807, 2.05) is 0 Å². The molecule has 7 N–H and O–H groups in total. The second kappa shape index (κ2) is 7.21. The molecule has 1 atom stereocenters. The van der Waals surface area contributed by atoms with E-state index in [1.165, 1.54) is 0 Å². The Hall–Kier alpha value is 0.710. The molecule has 0 aromatic heterocycles. The molecule has 16 heavy (non-hydrogen) atoms. The fraction of sp³-hybridized carbons (Fsp3) is 1.00. The maximum Gasteiger partial charge on any atom is 1.00 e. The quantitative estimate of drug-likeness (QED) is 0.242. The first-order valence-electron chi connectivity index (χ1n) is 3.77. The van der Waals surface area contributed by atoms with E-state index < -0.39 is 40.2 Å². The molecule has 0 rings (SSSR count). The van der Waals surface area contributed by atoms with Crippen molar-refractivity contribution in [1.29, 1.82) is 0 Å². The van der Waals surface area contributed by atoms with Crippen molar-refractivity contribution in [3.63, 3.8) is 0 Å². The zero-order valence-electron chi connectivity index (χ0n) is 9.16. The maximum atomic E-state index is 10.9. The van der Waals surface area contributed by atoms with Crippen molar-refractivity contribution < 1.29 is 63.3 Å². The Morgan fingerprint density at radius 1 is 1.12 bits per heavy atom. The fourth-order valence-corrected chi connectivity index (χ4v) is 1.69. The molecule has 10 heteroatoms. The summed E-state index contributed by atoms with van der Waals surface area (Å²) in [4.78, 5) is 0. The van der Waals surface area contributed by atoms with Crippen LogP contribution in [0.15, 0.2) is 0 Å². The minimum absolute atomic E-state index is 0. The Balaban J connectivity index is -0.000000845. The van der Waals surface area contributed by atoms with Gasteiger partial charge in [0, 0.05) is 0 Å². The summed E-state index contributed by atoms with van der Waals surface area (Å²) in [6.07, 6.45) is 0. The molecule has 0 bridgehead atoms. The predicted molar refractivity (Wildman–Crippen MR) is 50.1 cm³/mol. The third kappa shape index (κ3) is 3.60. The van der Waals surface area contributed by atoms with Crippen LogP contribution >= 0.6 is 0 Å². The third-order valence-electron chi connectivity index (χ3n) is 2.49. The van der Waals surface area contributed by atoms with E-state index >= 15 is 0 Å². The van der Waals surface area contributed by atoms with Gasteiger partial charge < -0.3 is 26.5 Å². The molecule has 0 amide bonds. The number of rotatable bonds is 5. The molecule has 0 aromatic rings. The molecular formula is C6H16NNaO7S. The Morgan fingerprint density at radius 3 is 1.50 bits per heavy atom. The van der Waals surface area contributed by atoms with E-state index in [0.717, 1.165) is 6.92 Å². The molecule has 0 aliphatic carbocycles. The smallest absolute Gasteiger partial charge is 0.870 e. The number of hydrogen-bond acceptors (Lipinski definition) is 7. The van der Waals surface area contributed by atoms with Gasteiger partial charge in [-0.3, -0.25) is 4.55 Å². The molecular weight excluding hydrogens is 253 g/mol. The van der Waals surface area contributed by atoms with Crippen LogP contribution in [-0.2, 0) is 10.1 Å². The van der Waals surface area contributed by atoms with Crippen LogP contribution in [0.3, 0.4) is 0 Å². The van der Waals surface area contributed by atoms with Gasteiger partial charge in [-0.1, -0.05) is 0 Å². The number of nitrogens with two attached hydrogens (primary N) is 1. The van der Waals surface area contributed by atoms with Gasteiger partial charge in [0.15, 0.2) is 0 Å². The van der Waals surface area contributed by atoms with Crippen molar-refractivity contribution in [2.45, 2.75) is 17.2 Å². The van der Waals surface area contributed by atoms with Crippen molar-refractivity contribution >= 4 is 10.1 Å². The summed E-state index contributed by atoms with van der Waals surface area (Å²) in [7, 11) is -4.69. The third-order valence-corrected chi connectivity index (χ3v) is 4.16. The summed E-state index contributed by atoms with van der Waals surface area (Å²) < 4.78 is 28.5. The van der Waals surface area contributed by atoms with Crippen molar-refractivity contribution in [2.75, 3.05) is 19.8 Å². The van der Waals surface area contributed by atoms with Crippen molar-refractivity contribution in [1.82, 2.24) is 0 Å². The summed E-state index contributed by atoms with van der Waals surface area (Å²) in [5, 5.41) is 26.6. The number of hydrogen-bond donors (Lipinski definition) is 5. The van der Waals surface area contributed by atoms with Gasteiger partial charge in [-0.15, -0.1) is 0 Å².